The molecule has 8 aromatic rings. The van der Waals surface area contributed by atoms with E-state index in [9.17, 15) is 0 Å². The number of aryl methyl sites for hydroxylation is 2. The predicted octanol–water partition coefficient (Wildman–Crippen LogP) is 12.4. The van der Waals surface area contributed by atoms with E-state index in [1.54, 1.807) is 0 Å². The Labute approximate surface area is 282 Å². The third-order valence-corrected chi connectivity index (χ3v) is 9.01. The molecule has 48 heavy (non-hydrogen) atoms. The first-order chi connectivity index (χ1) is 23.7. The third kappa shape index (κ3) is 5.27. The van der Waals surface area contributed by atoms with Gasteiger partial charge < -0.3 is 9.80 Å². The van der Waals surface area contributed by atoms with Crippen LogP contribution in [0.25, 0.3) is 32.7 Å². The SMILES string of the molecule is Cc1cc(N(c2cc#ccc2)c2cccc3ccc#cc23)ccc1-c1ccc(N(c2ccccc2)c2cccc3ccccc23)cc1C. The molecule has 0 heterocycles. The van der Waals surface area contributed by atoms with Crippen molar-refractivity contribution in [2.45, 2.75) is 13.8 Å². The molecule has 8 rings (SSSR count). The fourth-order valence-electron chi connectivity index (χ4n) is 6.76. The van der Waals surface area contributed by atoms with Gasteiger partial charge in [0, 0.05) is 28.5 Å². The molecule has 0 spiro atoms. The first-order valence-electron chi connectivity index (χ1n) is 16.2. The first-order valence-corrected chi connectivity index (χ1v) is 16.2. The molecule has 0 saturated heterocycles. The first kappa shape index (κ1) is 29.0. The number of nitrogens with zero attached hydrogens (tertiary/aromatic N) is 2. The van der Waals surface area contributed by atoms with Gasteiger partial charge in [-0.2, -0.15) is 0 Å². The molecule has 0 aliphatic heterocycles. The number of benzene rings is 6. The van der Waals surface area contributed by atoms with Crippen LogP contribution < -0.4 is 9.80 Å². The number of rotatable bonds is 7. The number of anilines is 6. The van der Waals surface area contributed by atoms with Crippen LogP contribution in [0.2, 0.25) is 0 Å². The minimum Gasteiger partial charge on any atom is -0.310 e. The van der Waals surface area contributed by atoms with Gasteiger partial charge in [0.15, 0.2) is 0 Å². The van der Waals surface area contributed by atoms with Gasteiger partial charge in [0.25, 0.3) is 0 Å². The highest BCUT2D eigenvalue weighted by atomic mass is 15.1. The van der Waals surface area contributed by atoms with E-state index in [-0.39, 0.29) is 0 Å². The standard InChI is InChI=1S/C46H32N2/c1-33-31-39(47(37-19-5-3-6-20-37)45-25-13-17-35-15-9-11-23-43(35)45)27-29-41(33)42-30-28-40(32-34(42)2)48(38-21-7-4-8-22-38)46-26-14-18-36-16-10-12-24-44(36)46/h3,5-7,9-11,13-23,25-32H,1-2H3. The van der Waals surface area contributed by atoms with Crippen molar-refractivity contribution in [3.05, 3.63) is 193 Å². The van der Waals surface area contributed by atoms with E-state index in [2.05, 4.69) is 187 Å². The maximum absolute atomic E-state index is 3.36. The van der Waals surface area contributed by atoms with E-state index in [0.29, 0.717) is 0 Å². The van der Waals surface area contributed by atoms with Gasteiger partial charge in [-0.1, -0.05) is 103 Å². The fourth-order valence-corrected chi connectivity index (χ4v) is 6.76. The summed E-state index contributed by atoms with van der Waals surface area (Å²) in [5.41, 5.74) is 11.4. The van der Waals surface area contributed by atoms with Crippen molar-refractivity contribution in [1.29, 1.82) is 0 Å². The van der Waals surface area contributed by atoms with E-state index in [0.717, 1.165) is 44.9 Å². The zero-order chi connectivity index (χ0) is 32.5. The molecule has 0 fully saturated rings. The minimum atomic E-state index is 1.01. The lowest BCUT2D eigenvalue weighted by Gasteiger charge is -2.28. The Morgan fingerprint density at radius 2 is 1.06 bits per heavy atom. The highest BCUT2D eigenvalue weighted by molar-refractivity contribution is 6.00. The zero-order valence-corrected chi connectivity index (χ0v) is 26.9. The van der Waals surface area contributed by atoms with Crippen molar-refractivity contribution in [2.24, 2.45) is 0 Å². The highest BCUT2D eigenvalue weighted by Gasteiger charge is 2.19. The van der Waals surface area contributed by atoms with Gasteiger partial charge in [-0.3, -0.25) is 0 Å². The summed E-state index contributed by atoms with van der Waals surface area (Å²) in [5, 5.41) is 4.59. The summed E-state index contributed by atoms with van der Waals surface area (Å²) < 4.78 is 0. The molecule has 0 atom stereocenters. The van der Waals surface area contributed by atoms with Gasteiger partial charge in [0.2, 0.25) is 0 Å². The van der Waals surface area contributed by atoms with Crippen LogP contribution in [0.1, 0.15) is 11.1 Å². The molecule has 0 aromatic heterocycles. The Bertz CT molecular complexity index is 2200. The summed E-state index contributed by atoms with van der Waals surface area (Å²) in [6.07, 6.45) is 0. The largest absolute Gasteiger partial charge is 0.310 e. The van der Waals surface area contributed by atoms with E-state index in [4.69, 9.17) is 0 Å². The van der Waals surface area contributed by atoms with Crippen LogP contribution in [0.4, 0.5) is 34.1 Å². The summed E-state index contributed by atoms with van der Waals surface area (Å²) >= 11 is 0. The van der Waals surface area contributed by atoms with E-state index in [1.807, 2.05) is 18.2 Å². The van der Waals surface area contributed by atoms with Crippen LogP contribution in [0.3, 0.4) is 0 Å². The molecule has 226 valence electrons. The molecule has 2 nitrogen and oxygen atoms in total. The molecule has 8 aromatic carbocycles. The number of hydrogen-bond donors (Lipinski definition) is 0. The zero-order valence-electron chi connectivity index (χ0n) is 26.9. The maximum Gasteiger partial charge on any atom is 0.0624 e. The van der Waals surface area contributed by atoms with Crippen molar-refractivity contribution < 1.29 is 0 Å². The molecule has 0 aliphatic rings. The van der Waals surface area contributed by atoms with E-state index >= 15 is 0 Å². The quantitative estimate of drug-likeness (QED) is 0.177. The van der Waals surface area contributed by atoms with E-state index < -0.39 is 0 Å². The lowest BCUT2D eigenvalue weighted by Crippen LogP contribution is -2.11. The number of para-hydroxylation sites is 1. The second-order valence-corrected chi connectivity index (χ2v) is 12.0. The van der Waals surface area contributed by atoms with Crippen molar-refractivity contribution >= 4 is 55.7 Å². The Morgan fingerprint density at radius 3 is 1.77 bits per heavy atom. The average molecular weight is 613 g/mol. The fraction of sp³-hybridized carbons (Fsp3) is 0.0435. The van der Waals surface area contributed by atoms with Crippen LogP contribution in [0, 0.1) is 38.1 Å². The number of hydrogen-bond acceptors (Lipinski definition) is 2. The molecule has 0 saturated carbocycles. The lowest BCUT2D eigenvalue weighted by molar-refractivity contribution is 1.27. The van der Waals surface area contributed by atoms with Crippen LogP contribution in [-0.4, -0.2) is 0 Å². The smallest absolute Gasteiger partial charge is 0.0624 e. The van der Waals surface area contributed by atoms with Crippen LogP contribution in [0.15, 0.2) is 158 Å². The Morgan fingerprint density at radius 1 is 0.438 bits per heavy atom. The minimum absolute atomic E-state index is 1.01. The van der Waals surface area contributed by atoms with Gasteiger partial charge in [-0.25, -0.2) is 0 Å². The molecular formula is C46H32N2. The lowest BCUT2D eigenvalue weighted by atomic mass is 9.95. The predicted molar refractivity (Wildman–Crippen MR) is 201 cm³/mol. The third-order valence-electron chi connectivity index (χ3n) is 9.01. The normalized spacial score (nSPS) is 10.8. The van der Waals surface area contributed by atoms with Crippen LogP contribution in [-0.2, 0) is 0 Å². The van der Waals surface area contributed by atoms with Gasteiger partial charge in [0.05, 0.1) is 22.4 Å². The summed E-state index contributed by atoms with van der Waals surface area (Å²) in [6, 6.07) is 68.3. The Balaban J connectivity index is 1.21. The second-order valence-electron chi connectivity index (χ2n) is 12.0. The molecule has 0 unspecified atom stereocenters. The highest BCUT2D eigenvalue weighted by Crippen LogP contribution is 2.42. The maximum atomic E-state index is 3.36. The second kappa shape index (κ2) is 12.4. The van der Waals surface area contributed by atoms with Crippen LogP contribution in [0.5, 0.6) is 0 Å². The van der Waals surface area contributed by atoms with Gasteiger partial charge in [-0.15, -0.1) is 0 Å². The summed E-state index contributed by atoms with van der Waals surface area (Å²) in [5.74, 6) is 0. The molecule has 2 heteroatoms. The molecule has 0 bridgehead atoms. The summed E-state index contributed by atoms with van der Waals surface area (Å²) in [4.78, 5) is 4.63. The van der Waals surface area contributed by atoms with Gasteiger partial charge in [-0.05, 0) is 120 Å². The van der Waals surface area contributed by atoms with E-state index in [1.165, 1.54) is 33.0 Å². The Kier molecular flexibility index (Phi) is 7.46. The van der Waals surface area contributed by atoms with Gasteiger partial charge >= 0.3 is 0 Å². The summed E-state index contributed by atoms with van der Waals surface area (Å²) in [6.45, 7) is 4.41. The Hall–Kier alpha value is -6.48. The van der Waals surface area contributed by atoms with Gasteiger partial charge in [0.1, 0.15) is 0 Å². The number of fused-ring (bicyclic) bond motifs is 2. The molecule has 0 radical (unpaired) electrons. The van der Waals surface area contributed by atoms with Crippen molar-refractivity contribution in [3.63, 3.8) is 0 Å². The topological polar surface area (TPSA) is 6.48 Å². The molecule has 0 aliphatic carbocycles. The molecular weight excluding hydrogens is 581 g/mol. The monoisotopic (exact) mass is 612 g/mol. The molecule has 0 N–H and O–H groups in total. The average Bonchev–Trinajstić information content (AvgIpc) is 3.13. The molecule has 0 amide bonds. The van der Waals surface area contributed by atoms with Crippen LogP contribution >= 0.6 is 0 Å². The summed E-state index contributed by atoms with van der Waals surface area (Å²) in [7, 11) is 0. The van der Waals surface area contributed by atoms with Crippen molar-refractivity contribution in [2.75, 3.05) is 9.80 Å². The van der Waals surface area contributed by atoms with Crippen molar-refractivity contribution in [3.8, 4) is 11.1 Å². The van der Waals surface area contributed by atoms with Crippen molar-refractivity contribution in [1.82, 2.24) is 0 Å².